The van der Waals surface area contributed by atoms with Crippen molar-refractivity contribution in [1.82, 2.24) is 0 Å². The Bertz CT molecular complexity index is 1210. The number of rotatable bonds is 3. The molecule has 4 aromatic rings. The molecular formula is C22H15NO5. The molecule has 0 saturated carbocycles. The average Bonchev–Trinajstić information content (AvgIpc) is 3.37. The number of furan rings is 1. The van der Waals surface area contributed by atoms with Gasteiger partial charge in [0.05, 0.1) is 23.1 Å². The molecule has 0 spiro atoms. The number of hydrogen-bond acceptors (Lipinski definition) is 5. The topological polar surface area (TPSA) is 81.7 Å². The van der Waals surface area contributed by atoms with Gasteiger partial charge in [-0.15, -0.1) is 0 Å². The SMILES string of the molecule is O=C(Nc1ccccc1)[C@@H]1Oc2c(c(=O)oc3ccccc23)[C@H]1c1ccco1. The zero-order valence-electron chi connectivity index (χ0n) is 14.6. The molecule has 0 saturated heterocycles. The van der Waals surface area contributed by atoms with E-state index in [1.165, 1.54) is 6.26 Å². The zero-order valence-corrected chi connectivity index (χ0v) is 14.6. The average molecular weight is 373 g/mol. The first-order chi connectivity index (χ1) is 13.7. The maximum Gasteiger partial charge on any atom is 0.344 e. The van der Waals surface area contributed by atoms with E-state index in [9.17, 15) is 9.59 Å². The van der Waals surface area contributed by atoms with Crippen molar-refractivity contribution in [2.45, 2.75) is 12.0 Å². The molecule has 0 bridgehead atoms. The summed E-state index contributed by atoms with van der Waals surface area (Å²) in [6.07, 6.45) is 0.539. The minimum absolute atomic E-state index is 0.293. The number of ether oxygens (including phenoxy) is 1. The van der Waals surface area contributed by atoms with Crippen LogP contribution in [-0.4, -0.2) is 12.0 Å². The summed E-state index contributed by atoms with van der Waals surface area (Å²) in [5, 5.41) is 3.48. The molecule has 2 atom stereocenters. The second-order valence-electron chi connectivity index (χ2n) is 6.52. The normalized spacial score (nSPS) is 17.9. The summed E-state index contributed by atoms with van der Waals surface area (Å²) in [7, 11) is 0. The predicted octanol–water partition coefficient (Wildman–Crippen LogP) is 3.92. The molecule has 1 N–H and O–H groups in total. The third-order valence-electron chi connectivity index (χ3n) is 4.81. The lowest BCUT2D eigenvalue weighted by molar-refractivity contribution is -0.122. The molecule has 2 aromatic carbocycles. The zero-order chi connectivity index (χ0) is 19.1. The van der Waals surface area contributed by atoms with Gasteiger partial charge in [-0.05, 0) is 36.4 Å². The van der Waals surface area contributed by atoms with Crippen molar-refractivity contribution >= 4 is 22.6 Å². The lowest BCUT2D eigenvalue weighted by atomic mass is 9.93. The summed E-state index contributed by atoms with van der Waals surface area (Å²) in [6, 6.07) is 19.6. The van der Waals surface area contributed by atoms with Crippen LogP contribution in [0.1, 0.15) is 17.2 Å². The Morgan fingerprint density at radius 2 is 1.71 bits per heavy atom. The van der Waals surface area contributed by atoms with Gasteiger partial charge in [0.15, 0.2) is 6.10 Å². The molecule has 6 nitrogen and oxygen atoms in total. The van der Waals surface area contributed by atoms with E-state index in [0.717, 1.165) is 0 Å². The summed E-state index contributed by atoms with van der Waals surface area (Å²) < 4.78 is 17.0. The van der Waals surface area contributed by atoms with Gasteiger partial charge in [0, 0.05) is 5.69 Å². The van der Waals surface area contributed by atoms with E-state index in [4.69, 9.17) is 13.6 Å². The van der Waals surface area contributed by atoms with Crippen molar-refractivity contribution in [3.05, 3.63) is 94.7 Å². The molecule has 6 heteroatoms. The van der Waals surface area contributed by atoms with Crippen molar-refractivity contribution in [2.75, 3.05) is 5.32 Å². The van der Waals surface area contributed by atoms with Crippen LogP contribution in [0.15, 0.2) is 86.6 Å². The van der Waals surface area contributed by atoms with Crippen LogP contribution in [0.3, 0.4) is 0 Å². The standard InChI is InChI=1S/C22H15NO5/c24-21(23-13-7-2-1-3-8-13)20-17(16-11-6-12-26-16)18-19(28-20)14-9-4-5-10-15(14)27-22(18)25/h1-12,17,20H,(H,23,24)/t17-,20-/m1/s1. The highest BCUT2D eigenvalue weighted by Crippen LogP contribution is 2.44. The van der Waals surface area contributed by atoms with Crippen molar-refractivity contribution < 1.29 is 18.4 Å². The molecule has 28 heavy (non-hydrogen) atoms. The summed E-state index contributed by atoms with van der Waals surface area (Å²) in [5.41, 5.74) is 0.808. The van der Waals surface area contributed by atoms with Crippen molar-refractivity contribution in [3.63, 3.8) is 0 Å². The van der Waals surface area contributed by atoms with Crippen LogP contribution < -0.4 is 15.7 Å². The number of hydrogen-bond donors (Lipinski definition) is 1. The van der Waals surface area contributed by atoms with Crippen LogP contribution in [0, 0.1) is 0 Å². The first kappa shape index (κ1) is 16.4. The molecule has 0 unspecified atom stereocenters. The highest BCUT2D eigenvalue weighted by Gasteiger charge is 2.45. The Labute approximate surface area is 159 Å². The number of carbonyl (C=O) groups is 1. The lowest BCUT2D eigenvalue weighted by Crippen LogP contribution is -2.35. The molecular weight excluding hydrogens is 358 g/mol. The molecule has 138 valence electrons. The fraction of sp³-hybridized carbons (Fsp3) is 0.0909. The van der Waals surface area contributed by atoms with Gasteiger partial charge in [0.25, 0.3) is 5.91 Å². The van der Waals surface area contributed by atoms with E-state index in [1.807, 2.05) is 24.3 Å². The van der Waals surface area contributed by atoms with Crippen LogP contribution in [0.4, 0.5) is 5.69 Å². The van der Waals surface area contributed by atoms with E-state index in [1.54, 1.807) is 42.5 Å². The van der Waals surface area contributed by atoms with E-state index < -0.39 is 17.6 Å². The highest BCUT2D eigenvalue weighted by atomic mass is 16.5. The molecule has 0 radical (unpaired) electrons. The molecule has 1 aliphatic rings. The molecule has 0 fully saturated rings. The van der Waals surface area contributed by atoms with Crippen molar-refractivity contribution in [3.8, 4) is 5.75 Å². The summed E-state index contributed by atoms with van der Waals surface area (Å²) in [6.45, 7) is 0. The minimum atomic E-state index is -0.963. The Morgan fingerprint density at radius 3 is 2.50 bits per heavy atom. The fourth-order valence-electron chi connectivity index (χ4n) is 3.58. The van der Waals surface area contributed by atoms with Crippen molar-refractivity contribution in [2.24, 2.45) is 0 Å². The molecule has 1 aliphatic heterocycles. The number of benzene rings is 2. The highest BCUT2D eigenvalue weighted by molar-refractivity contribution is 5.97. The number of anilines is 1. The Morgan fingerprint density at radius 1 is 0.929 bits per heavy atom. The van der Waals surface area contributed by atoms with Gasteiger partial charge in [-0.25, -0.2) is 4.79 Å². The largest absolute Gasteiger partial charge is 0.478 e. The van der Waals surface area contributed by atoms with Gasteiger partial charge < -0.3 is 18.9 Å². The predicted molar refractivity (Wildman–Crippen MR) is 103 cm³/mol. The second kappa shape index (κ2) is 6.42. The van der Waals surface area contributed by atoms with Crippen LogP contribution in [0.5, 0.6) is 5.75 Å². The lowest BCUT2D eigenvalue weighted by Gasteiger charge is -2.16. The Kier molecular flexibility index (Phi) is 3.76. The minimum Gasteiger partial charge on any atom is -0.478 e. The fourth-order valence-corrected chi connectivity index (χ4v) is 3.58. The number of nitrogens with one attached hydrogen (secondary N) is 1. The summed E-state index contributed by atoms with van der Waals surface area (Å²) in [4.78, 5) is 25.8. The maximum absolute atomic E-state index is 13.0. The summed E-state index contributed by atoms with van der Waals surface area (Å²) in [5.74, 6) is -0.238. The molecule has 3 heterocycles. The summed E-state index contributed by atoms with van der Waals surface area (Å²) >= 11 is 0. The number of para-hydroxylation sites is 2. The van der Waals surface area contributed by atoms with Gasteiger partial charge in [0.2, 0.25) is 0 Å². The van der Waals surface area contributed by atoms with Crippen LogP contribution in [0.25, 0.3) is 11.0 Å². The van der Waals surface area contributed by atoms with Crippen LogP contribution >= 0.6 is 0 Å². The van der Waals surface area contributed by atoms with E-state index in [0.29, 0.717) is 33.7 Å². The van der Waals surface area contributed by atoms with E-state index in [2.05, 4.69) is 5.32 Å². The Hall–Kier alpha value is -3.80. The molecule has 5 rings (SSSR count). The van der Waals surface area contributed by atoms with E-state index in [-0.39, 0.29) is 5.91 Å². The first-order valence-corrected chi connectivity index (χ1v) is 8.84. The second-order valence-corrected chi connectivity index (χ2v) is 6.52. The van der Waals surface area contributed by atoms with Crippen molar-refractivity contribution in [1.29, 1.82) is 0 Å². The number of fused-ring (bicyclic) bond motifs is 3. The van der Waals surface area contributed by atoms with Crippen LogP contribution in [0.2, 0.25) is 0 Å². The van der Waals surface area contributed by atoms with Gasteiger partial charge in [-0.3, -0.25) is 4.79 Å². The van der Waals surface area contributed by atoms with Gasteiger partial charge in [0.1, 0.15) is 17.1 Å². The molecule has 1 amide bonds. The third kappa shape index (κ3) is 2.58. The third-order valence-corrected chi connectivity index (χ3v) is 4.81. The molecule has 2 aromatic heterocycles. The number of amides is 1. The monoisotopic (exact) mass is 373 g/mol. The molecule has 0 aliphatic carbocycles. The van der Waals surface area contributed by atoms with Crippen LogP contribution in [-0.2, 0) is 4.79 Å². The first-order valence-electron chi connectivity index (χ1n) is 8.84. The van der Waals surface area contributed by atoms with Gasteiger partial charge in [-0.1, -0.05) is 30.3 Å². The number of carbonyl (C=O) groups excluding carboxylic acids is 1. The van der Waals surface area contributed by atoms with E-state index >= 15 is 0 Å². The smallest absolute Gasteiger partial charge is 0.344 e. The maximum atomic E-state index is 13.0. The van der Waals surface area contributed by atoms with Gasteiger partial charge in [-0.2, -0.15) is 0 Å². The van der Waals surface area contributed by atoms with Gasteiger partial charge >= 0.3 is 5.63 Å². The Balaban J connectivity index is 1.63. The quantitative estimate of drug-likeness (QED) is 0.551.